The average molecular weight is 871 g/mol. The lowest BCUT2D eigenvalue weighted by Gasteiger charge is -2.22. The number of rotatable bonds is 4. The van der Waals surface area contributed by atoms with Crippen LogP contribution < -0.4 is 10.9 Å². The molecule has 0 bridgehead atoms. The molecule has 294 valence electrons. The molecular formula is C38H34B2Cl5F3N2O6. The lowest BCUT2D eigenvalue weighted by Crippen LogP contribution is -2.28. The van der Waals surface area contributed by atoms with Gasteiger partial charge >= 0.3 is 20.4 Å². The largest absolute Gasteiger partial charge is 0.492 e. The normalized spacial score (nSPS) is 19.2. The van der Waals surface area contributed by atoms with Crippen molar-refractivity contribution in [1.29, 1.82) is 0 Å². The Morgan fingerprint density at radius 1 is 0.750 bits per heavy atom. The van der Waals surface area contributed by atoms with E-state index in [4.69, 9.17) is 77.4 Å². The van der Waals surface area contributed by atoms with Crippen molar-refractivity contribution >= 4 is 99.6 Å². The van der Waals surface area contributed by atoms with Gasteiger partial charge < -0.3 is 29.4 Å². The Labute approximate surface area is 347 Å². The zero-order valence-corrected chi connectivity index (χ0v) is 34.3. The third kappa shape index (κ3) is 9.38. The summed E-state index contributed by atoms with van der Waals surface area (Å²) in [6.45, 7) is 12.5. The summed E-state index contributed by atoms with van der Waals surface area (Å²) in [6.07, 6.45) is -3.84. The molecule has 0 aliphatic carbocycles. The van der Waals surface area contributed by atoms with Crippen molar-refractivity contribution in [3.63, 3.8) is 0 Å². The highest BCUT2D eigenvalue weighted by Gasteiger charge is 2.43. The molecule has 0 aromatic heterocycles. The maximum Gasteiger partial charge on any atom is 0.492 e. The van der Waals surface area contributed by atoms with Crippen molar-refractivity contribution in [1.82, 2.24) is 0 Å². The van der Waals surface area contributed by atoms with Crippen LogP contribution in [-0.2, 0) is 30.9 Å². The summed E-state index contributed by atoms with van der Waals surface area (Å²) < 4.78 is 47.6. The fourth-order valence-corrected chi connectivity index (χ4v) is 7.00. The number of allylic oxidation sites excluding steroid dienone is 1. The molecule has 3 aliphatic rings. The Bertz CT molecular complexity index is 2240. The van der Waals surface area contributed by atoms with Gasteiger partial charge in [0, 0.05) is 12.0 Å². The van der Waals surface area contributed by atoms with Crippen LogP contribution in [-0.4, -0.2) is 46.6 Å². The van der Waals surface area contributed by atoms with Gasteiger partial charge in [-0.05, 0) is 110 Å². The lowest BCUT2D eigenvalue weighted by molar-refractivity contribution is -0.0686. The Hall–Kier alpha value is -3.23. The molecule has 56 heavy (non-hydrogen) atoms. The number of halogens is 8. The summed E-state index contributed by atoms with van der Waals surface area (Å²) in [6, 6.07) is 20.2. The van der Waals surface area contributed by atoms with Crippen LogP contribution in [0.2, 0.25) is 20.1 Å². The van der Waals surface area contributed by atoms with E-state index in [1.54, 1.807) is 24.3 Å². The first-order chi connectivity index (χ1) is 26.0. The van der Waals surface area contributed by atoms with Crippen molar-refractivity contribution in [2.24, 2.45) is 10.3 Å². The summed E-state index contributed by atoms with van der Waals surface area (Å²) in [7, 11) is -1.80. The van der Waals surface area contributed by atoms with E-state index in [0.717, 1.165) is 45.0 Å². The van der Waals surface area contributed by atoms with Crippen molar-refractivity contribution < 1.29 is 42.6 Å². The smallest absolute Gasteiger partial charge is 0.423 e. The van der Waals surface area contributed by atoms with Gasteiger partial charge in [-0.25, -0.2) is 0 Å². The molecule has 0 saturated carbocycles. The highest BCUT2D eigenvalue weighted by atomic mass is 35.5. The second-order valence-corrected chi connectivity index (χ2v) is 16.2. The molecule has 0 fully saturated rings. The quantitative estimate of drug-likeness (QED) is 0.0816. The number of hydrogen-bond acceptors (Lipinski definition) is 8. The second-order valence-electron chi connectivity index (χ2n) is 14.2. The topological polar surface area (TPSA) is 113 Å². The van der Waals surface area contributed by atoms with E-state index in [1.807, 2.05) is 65.0 Å². The minimum atomic E-state index is -4.45. The van der Waals surface area contributed by atoms with Crippen LogP contribution in [0.15, 0.2) is 89.7 Å². The van der Waals surface area contributed by atoms with E-state index < -0.39 is 42.8 Å². The molecule has 4 aromatic rings. The molecule has 0 saturated heterocycles. The van der Waals surface area contributed by atoms with Crippen LogP contribution >= 0.6 is 58.0 Å². The van der Waals surface area contributed by atoms with Gasteiger partial charge in [-0.2, -0.15) is 13.2 Å². The van der Waals surface area contributed by atoms with Gasteiger partial charge in [-0.15, -0.1) is 0 Å². The third-order valence-corrected chi connectivity index (χ3v) is 11.2. The van der Waals surface area contributed by atoms with Crippen molar-refractivity contribution in [2.75, 3.05) is 0 Å². The van der Waals surface area contributed by atoms with Gasteiger partial charge in [0.1, 0.15) is 0 Å². The van der Waals surface area contributed by atoms with Crippen LogP contribution in [0.1, 0.15) is 74.4 Å². The molecular weight excluding hydrogens is 836 g/mol. The van der Waals surface area contributed by atoms with E-state index in [0.29, 0.717) is 22.0 Å². The van der Waals surface area contributed by atoms with E-state index in [1.165, 1.54) is 12.1 Å². The highest BCUT2D eigenvalue weighted by Crippen LogP contribution is 2.40. The maximum absolute atomic E-state index is 12.2. The van der Waals surface area contributed by atoms with Crippen molar-refractivity contribution in [3.8, 4) is 0 Å². The molecule has 1 unspecified atom stereocenters. The van der Waals surface area contributed by atoms with Gasteiger partial charge in [-0.1, -0.05) is 111 Å². The molecule has 0 radical (unpaired) electrons. The van der Waals surface area contributed by atoms with Gasteiger partial charge in [-0.3, -0.25) is 0 Å². The number of alkyl halides is 3. The number of oxime groups is 2. The van der Waals surface area contributed by atoms with Gasteiger partial charge in [0.2, 0.25) is 0 Å². The van der Waals surface area contributed by atoms with Crippen molar-refractivity contribution in [2.45, 2.75) is 64.0 Å². The molecule has 0 spiro atoms. The summed E-state index contributed by atoms with van der Waals surface area (Å²) in [5.41, 5.74) is 3.91. The molecule has 18 heteroatoms. The van der Waals surface area contributed by atoms with E-state index >= 15 is 0 Å². The van der Waals surface area contributed by atoms with Crippen LogP contribution in [0, 0.1) is 0 Å². The molecule has 1 atom stereocenters. The van der Waals surface area contributed by atoms with E-state index in [2.05, 4.69) is 16.9 Å². The minimum Gasteiger partial charge on any atom is -0.423 e. The Morgan fingerprint density at radius 2 is 1.27 bits per heavy atom. The summed E-state index contributed by atoms with van der Waals surface area (Å²) in [5.74, 6) is 0. The predicted octanol–water partition coefficient (Wildman–Crippen LogP) is 9.57. The zero-order valence-electron chi connectivity index (χ0n) is 30.5. The second kappa shape index (κ2) is 16.6. The summed E-state index contributed by atoms with van der Waals surface area (Å²) in [5, 5.41) is 36.9. The molecule has 3 aliphatic heterocycles. The van der Waals surface area contributed by atoms with Gasteiger partial charge in [0.05, 0.1) is 42.6 Å². The van der Waals surface area contributed by atoms with Crippen LogP contribution in [0.5, 0.6) is 0 Å². The lowest BCUT2D eigenvalue weighted by atomic mass is 9.77. The highest BCUT2D eigenvalue weighted by molar-refractivity contribution is 6.69. The van der Waals surface area contributed by atoms with E-state index in [-0.39, 0.29) is 20.8 Å². The summed E-state index contributed by atoms with van der Waals surface area (Å²) in [4.78, 5) is 5.79. The van der Waals surface area contributed by atoms with Crippen molar-refractivity contribution in [3.05, 3.63) is 133 Å². The molecule has 4 aromatic carbocycles. The van der Waals surface area contributed by atoms with Crippen LogP contribution in [0.3, 0.4) is 0 Å². The standard InChI is InChI=1S/C19H18BCl2NO3.C10H11BClNO3.C9H5Cl2F3/c1-18(2)13-8-11(4-6-14(13)20(24)25-18)17-10-19(3,26-23-17)12-5-7-15(21)16(22)9-12;1-10(2)7-5-6(9(12)13-15)3-4-8(7)11(14)16-10;1-5(9(12,13)14)6-2-3-7(10)8(11)4-6/h4-9,24H,10H2,1-3H3;3-5,14-15H,1-2H3;2-4H,1H2/b;13-9-;. The Kier molecular flexibility index (Phi) is 13.0. The number of fused-ring (bicyclic) bond motifs is 2. The SMILES string of the molecule is C=C(c1ccc(Cl)c(Cl)c1)C(F)(F)F.CC1(C)OB(O)c2ccc(/C(Cl)=N/O)cc21.CC1(C)OB(O)c2ccc(C3=NOC(C)(c4ccc(Cl)c(Cl)c4)C3)cc21. The zero-order chi connectivity index (χ0) is 41.5. The molecule has 3 heterocycles. The first-order valence-corrected chi connectivity index (χ1v) is 18.7. The fourth-order valence-electron chi connectivity index (χ4n) is 6.29. The Balaban J connectivity index is 0.000000172. The van der Waals surface area contributed by atoms with Gasteiger partial charge in [0.15, 0.2) is 10.8 Å². The van der Waals surface area contributed by atoms with Gasteiger partial charge in [0.25, 0.3) is 0 Å². The first-order valence-electron chi connectivity index (χ1n) is 16.8. The molecule has 7 rings (SSSR count). The first kappa shape index (κ1) is 43.9. The number of nitrogens with zero attached hydrogens (tertiary/aromatic N) is 2. The maximum atomic E-state index is 12.2. The average Bonchev–Trinajstić information content (AvgIpc) is 3.73. The summed E-state index contributed by atoms with van der Waals surface area (Å²) >= 11 is 29.0. The predicted molar refractivity (Wildman–Crippen MR) is 218 cm³/mol. The Morgan fingerprint density at radius 3 is 1.80 bits per heavy atom. The van der Waals surface area contributed by atoms with E-state index in [9.17, 15) is 23.2 Å². The molecule has 8 nitrogen and oxygen atoms in total. The monoisotopic (exact) mass is 868 g/mol. The van der Waals surface area contributed by atoms with Crippen LogP contribution in [0.4, 0.5) is 13.2 Å². The fraction of sp³-hybridized carbons (Fsp3) is 0.263. The molecule has 3 N–H and O–H groups in total. The number of hydrogen-bond donors (Lipinski definition) is 3. The number of benzene rings is 4. The van der Waals surface area contributed by atoms with Crippen LogP contribution in [0.25, 0.3) is 5.57 Å². The third-order valence-electron chi connectivity index (χ3n) is 9.41. The minimum absolute atomic E-state index is 0.0139. The molecule has 0 amide bonds.